The van der Waals surface area contributed by atoms with E-state index in [9.17, 15) is 9.90 Å². The van der Waals surface area contributed by atoms with Crippen LogP contribution in [-0.4, -0.2) is 48.3 Å². The molecule has 4 aliphatic rings. The number of nitrogens with zero attached hydrogens (tertiary/aromatic N) is 2. The maximum atomic E-state index is 11.7. The molecular formula is C25H31N2O2+. The highest BCUT2D eigenvalue weighted by Crippen LogP contribution is 2.39. The zero-order valence-electron chi connectivity index (χ0n) is 17.1. The Morgan fingerprint density at radius 2 is 1.55 bits per heavy atom. The van der Waals surface area contributed by atoms with Crippen molar-refractivity contribution in [2.45, 2.75) is 32.1 Å². The standard InChI is InChI=1S/C25H30N2O2/c28-25(29)22-18-27(16-12-19(22)13-17-27)15-5-14-26-23-8-3-1-6-20(23)10-11-21-7-2-4-9-24(21)26/h1-4,6-9,19,22H,5,10-18H2/p+1. The second-order valence-corrected chi connectivity index (χ2v) is 9.24. The number of fused-ring (bicyclic) bond motifs is 5. The topological polar surface area (TPSA) is 40.5 Å². The number of hydrogen-bond donors (Lipinski definition) is 1. The van der Waals surface area contributed by atoms with Gasteiger partial charge in [0.25, 0.3) is 0 Å². The number of para-hydroxylation sites is 2. The Morgan fingerprint density at radius 1 is 0.966 bits per heavy atom. The molecule has 4 nitrogen and oxygen atoms in total. The summed E-state index contributed by atoms with van der Waals surface area (Å²) in [6.45, 7) is 5.27. The first kappa shape index (κ1) is 18.7. The van der Waals surface area contributed by atoms with E-state index >= 15 is 0 Å². The number of piperidine rings is 3. The lowest BCUT2D eigenvalue weighted by molar-refractivity contribution is -0.945. The lowest BCUT2D eigenvalue weighted by Crippen LogP contribution is -2.63. The van der Waals surface area contributed by atoms with Crippen LogP contribution in [0.5, 0.6) is 0 Å². The molecule has 2 aromatic carbocycles. The number of benzene rings is 2. The van der Waals surface area contributed by atoms with E-state index in [0.717, 1.165) is 56.2 Å². The first-order valence-corrected chi connectivity index (χ1v) is 11.2. The van der Waals surface area contributed by atoms with Gasteiger partial charge in [-0.05, 0) is 42.0 Å². The molecule has 1 unspecified atom stereocenters. The van der Waals surface area contributed by atoms with Crippen LogP contribution in [0.1, 0.15) is 30.4 Å². The zero-order chi connectivity index (χ0) is 19.8. The van der Waals surface area contributed by atoms with Crippen molar-refractivity contribution in [2.75, 3.05) is 37.6 Å². The van der Waals surface area contributed by atoms with E-state index in [4.69, 9.17) is 0 Å². The van der Waals surface area contributed by atoms with Gasteiger partial charge in [0.1, 0.15) is 5.92 Å². The maximum Gasteiger partial charge on any atom is 0.312 e. The SMILES string of the molecule is O=C(O)C1C[N+]2(CCCN3c4ccccc4CCc4ccccc43)CCC1CC2. The average Bonchev–Trinajstić information content (AvgIpc) is 2.92. The summed E-state index contributed by atoms with van der Waals surface area (Å²) in [7, 11) is 0. The summed E-state index contributed by atoms with van der Waals surface area (Å²) in [5.41, 5.74) is 5.55. The fourth-order valence-corrected chi connectivity index (χ4v) is 6.06. The van der Waals surface area contributed by atoms with Crippen molar-refractivity contribution in [1.82, 2.24) is 0 Å². The molecule has 3 saturated heterocycles. The van der Waals surface area contributed by atoms with Crippen molar-refractivity contribution in [3.05, 3.63) is 59.7 Å². The van der Waals surface area contributed by atoms with E-state index in [1.807, 2.05) is 0 Å². The van der Waals surface area contributed by atoms with Crippen LogP contribution in [0.25, 0.3) is 0 Å². The summed E-state index contributed by atoms with van der Waals surface area (Å²) in [5, 5.41) is 9.64. The summed E-state index contributed by atoms with van der Waals surface area (Å²) in [4.78, 5) is 14.2. The molecule has 1 atom stereocenters. The Balaban J connectivity index is 1.35. The quantitative estimate of drug-likeness (QED) is 0.775. The Hall–Kier alpha value is -2.33. The summed E-state index contributed by atoms with van der Waals surface area (Å²) in [6.07, 6.45) is 5.45. The third kappa shape index (κ3) is 3.44. The highest BCUT2D eigenvalue weighted by Gasteiger charge is 2.48. The summed E-state index contributed by atoms with van der Waals surface area (Å²) < 4.78 is 1.02. The fraction of sp³-hybridized carbons (Fsp3) is 0.480. The molecular weight excluding hydrogens is 360 g/mol. The second kappa shape index (κ2) is 7.49. The molecule has 0 amide bonds. The molecule has 4 aliphatic heterocycles. The minimum absolute atomic E-state index is 0.128. The molecule has 2 aromatic rings. The maximum absolute atomic E-state index is 11.7. The van der Waals surface area contributed by atoms with E-state index in [0.29, 0.717) is 5.92 Å². The highest BCUT2D eigenvalue weighted by molar-refractivity contribution is 5.71. The van der Waals surface area contributed by atoms with E-state index in [1.54, 1.807) is 0 Å². The minimum atomic E-state index is -0.577. The van der Waals surface area contributed by atoms with Gasteiger partial charge in [0, 0.05) is 37.2 Å². The van der Waals surface area contributed by atoms with Crippen molar-refractivity contribution in [3.63, 3.8) is 0 Å². The molecule has 0 aliphatic carbocycles. The number of carboxylic acid groups (broad SMARTS) is 1. The van der Waals surface area contributed by atoms with Crippen molar-refractivity contribution in [1.29, 1.82) is 0 Å². The smallest absolute Gasteiger partial charge is 0.312 e. The van der Waals surface area contributed by atoms with Crippen LogP contribution in [0.15, 0.2) is 48.5 Å². The third-order valence-corrected chi connectivity index (χ3v) is 7.66. The number of anilines is 2. The number of aryl methyl sites for hydroxylation is 2. The molecule has 3 fully saturated rings. The summed E-state index contributed by atoms with van der Waals surface area (Å²) in [5.74, 6) is -0.290. The van der Waals surface area contributed by atoms with Gasteiger partial charge in [-0.2, -0.15) is 0 Å². The Bertz CT molecular complexity index is 854. The molecule has 0 aromatic heterocycles. The van der Waals surface area contributed by atoms with Crippen LogP contribution in [0.2, 0.25) is 0 Å². The van der Waals surface area contributed by atoms with Crippen LogP contribution in [0.4, 0.5) is 11.4 Å². The first-order valence-electron chi connectivity index (χ1n) is 11.2. The third-order valence-electron chi connectivity index (χ3n) is 7.66. The lowest BCUT2D eigenvalue weighted by atomic mass is 9.77. The largest absolute Gasteiger partial charge is 0.481 e. The summed E-state index contributed by atoms with van der Waals surface area (Å²) >= 11 is 0. The van der Waals surface area contributed by atoms with Gasteiger partial charge in [0.2, 0.25) is 0 Å². The minimum Gasteiger partial charge on any atom is -0.481 e. The molecule has 6 rings (SSSR count). The molecule has 29 heavy (non-hydrogen) atoms. The Kier molecular flexibility index (Phi) is 4.83. The van der Waals surface area contributed by atoms with Crippen molar-refractivity contribution >= 4 is 17.3 Å². The molecule has 2 bridgehead atoms. The number of carbonyl (C=O) groups is 1. The van der Waals surface area contributed by atoms with E-state index in [1.165, 1.54) is 35.6 Å². The molecule has 0 saturated carbocycles. The van der Waals surface area contributed by atoms with Gasteiger partial charge < -0.3 is 14.5 Å². The normalized spacial score (nSPS) is 27.8. The monoisotopic (exact) mass is 391 g/mol. The Labute approximate surface area is 173 Å². The fourth-order valence-electron chi connectivity index (χ4n) is 6.06. The van der Waals surface area contributed by atoms with Gasteiger partial charge in [-0.25, -0.2) is 0 Å². The van der Waals surface area contributed by atoms with E-state index in [-0.39, 0.29) is 5.92 Å². The first-order chi connectivity index (χ1) is 14.2. The van der Waals surface area contributed by atoms with E-state index in [2.05, 4.69) is 53.4 Å². The van der Waals surface area contributed by atoms with Gasteiger partial charge in [-0.15, -0.1) is 0 Å². The molecule has 0 radical (unpaired) electrons. The van der Waals surface area contributed by atoms with Gasteiger partial charge in [0.05, 0.1) is 26.2 Å². The van der Waals surface area contributed by atoms with Gasteiger partial charge >= 0.3 is 5.97 Å². The van der Waals surface area contributed by atoms with Crippen LogP contribution in [-0.2, 0) is 17.6 Å². The van der Waals surface area contributed by atoms with Crippen molar-refractivity contribution in [2.24, 2.45) is 11.8 Å². The van der Waals surface area contributed by atoms with Crippen LogP contribution in [0, 0.1) is 11.8 Å². The molecule has 1 N–H and O–H groups in total. The lowest BCUT2D eigenvalue weighted by Gasteiger charge is -2.51. The number of aliphatic carboxylic acids is 1. The molecule has 0 spiro atoms. The second-order valence-electron chi connectivity index (χ2n) is 9.24. The average molecular weight is 392 g/mol. The number of quaternary nitrogens is 1. The molecule has 4 heterocycles. The van der Waals surface area contributed by atoms with Gasteiger partial charge in [-0.3, -0.25) is 4.79 Å². The highest BCUT2D eigenvalue weighted by atomic mass is 16.4. The van der Waals surface area contributed by atoms with Gasteiger partial charge in [-0.1, -0.05) is 36.4 Å². The number of carboxylic acids is 1. The predicted octanol–water partition coefficient (Wildman–Crippen LogP) is 4.25. The Morgan fingerprint density at radius 3 is 2.14 bits per heavy atom. The predicted molar refractivity (Wildman–Crippen MR) is 115 cm³/mol. The zero-order valence-corrected chi connectivity index (χ0v) is 17.1. The van der Waals surface area contributed by atoms with E-state index < -0.39 is 5.97 Å². The molecule has 152 valence electrons. The number of rotatable bonds is 5. The summed E-state index contributed by atoms with van der Waals surface area (Å²) in [6, 6.07) is 17.6. The number of hydrogen-bond acceptors (Lipinski definition) is 2. The van der Waals surface area contributed by atoms with Crippen LogP contribution in [0.3, 0.4) is 0 Å². The van der Waals surface area contributed by atoms with Crippen LogP contribution < -0.4 is 4.90 Å². The van der Waals surface area contributed by atoms with Crippen molar-refractivity contribution in [3.8, 4) is 0 Å². The molecule has 4 heteroatoms. The van der Waals surface area contributed by atoms with Crippen LogP contribution >= 0.6 is 0 Å². The van der Waals surface area contributed by atoms with Crippen molar-refractivity contribution < 1.29 is 14.4 Å². The van der Waals surface area contributed by atoms with Gasteiger partial charge in [0.15, 0.2) is 0 Å².